The van der Waals surface area contributed by atoms with Gasteiger partial charge in [0.1, 0.15) is 41.5 Å². The summed E-state index contributed by atoms with van der Waals surface area (Å²) in [4.78, 5) is 67.9. The summed E-state index contributed by atoms with van der Waals surface area (Å²) in [6.07, 6.45) is -8.08. The maximum Gasteiger partial charge on any atom is 0.316 e. The average Bonchev–Trinajstić information content (AvgIpc) is 3.16. The normalized spacial score (nSPS) is 35.4. The second-order valence-corrected chi connectivity index (χ2v) is 16.8. The first kappa shape index (κ1) is 43.9. The van der Waals surface area contributed by atoms with Crippen molar-refractivity contribution in [3.05, 3.63) is 57.6 Å². The molecule has 60 heavy (non-hydrogen) atoms. The van der Waals surface area contributed by atoms with Crippen LogP contribution in [-0.4, -0.2) is 143 Å². The maximum absolute atomic E-state index is 14.0. The van der Waals surface area contributed by atoms with Crippen LogP contribution in [0.25, 0.3) is 0 Å². The van der Waals surface area contributed by atoms with Crippen LogP contribution in [0.3, 0.4) is 0 Å². The van der Waals surface area contributed by atoms with E-state index in [9.17, 15) is 44.4 Å². The highest BCUT2D eigenvalue weighted by molar-refractivity contribution is 6.30. The fraction of sp³-hybridized carbons (Fsp3) is 0.605. The van der Waals surface area contributed by atoms with E-state index in [4.69, 9.17) is 33.2 Å². The molecule has 4 N–H and O–H groups in total. The number of benzene rings is 2. The summed E-state index contributed by atoms with van der Waals surface area (Å²) in [5.74, 6) is -5.68. The zero-order valence-electron chi connectivity index (χ0n) is 34.6. The highest BCUT2D eigenvalue weighted by Gasteiger charge is 2.55. The van der Waals surface area contributed by atoms with Crippen LogP contribution in [0.2, 0.25) is 0 Å². The van der Waals surface area contributed by atoms with Crippen molar-refractivity contribution in [1.29, 1.82) is 0 Å². The number of likely N-dealkylation sites (N-methyl/N-ethyl adjacent to an activating group) is 1. The highest BCUT2D eigenvalue weighted by Crippen LogP contribution is 2.54. The number of aliphatic hydroxyl groups excluding tert-OH is 1. The van der Waals surface area contributed by atoms with E-state index in [1.807, 2.05) is 19.0 Å². The molecule has 0 saturated carbocycles. The summed E-state index contributed by atoms with van der Waals surface area (Å²) >= 11 is 0. The smallest absolute Gasteiger partial charge is 0.316 e. The van der Waals surface area contributed by atoms with Gasteiger partial charge in [-0.1, -0.05) is 12.1 Å². The molecule has 0 aromatic heterocycles. The Balaban J connectivity index is 1.16. The number of rotatable bonds is 10. The number of hydrogen-bond acceptors (Lipinski definition) is 17. The number of Topliss-reactive ketones (excluding diaryl/α,β-unsaturated/α-hetero) is 2. The van der Waals surface area contributed by atoms with Crippen LogP contribution < -0.4 is 0 Å². The fourth-order valence-electron chi connectivity index (χ4n) is 9.53. The Morgan fingerprint density at radius 1 is 0.883 bits per heavy atom. The SMILES string of the molecule is COC(=O)[C@@H]1c2cc3c(c(O)c2[C@@H](O[C@H]2C[C@H](N(C)C)[C@H](O[C@H]4C[C@H](O)[C@H](O[C@H]5CCC(=O)[C@H](C)O5)[C@H](C)O4)[C@H](C)O2)C[C@]1(O)CC(C)=O)C(=O)c1c(O)cccc1C3=O. The average molecular weight is 840 g/mol. The van der Waals surface area contributed by atoms with E-state index in [2.05, 4.69) is 0 Å². The lowest BCUT2D eigenvalue weighted by atomic mass is 9.66. The molecule has 0 amide bonds. The number of phenolic OH excluding ortho intramolecular Hbond substituents is 2. The highest BCUT2D eigenvalue weighted by atomic mass is 16.7. The number of ketones is 4. The van der Waals surface area contributed by atoms with Gasteiger partial charge in [-0.15, -0.1) is 0 Å². The topological polar surface area (TPSA) is 234 Å². The van der Waals surface area contributed by atoms with Gasteiger partial charge in [0.05, 0.1) is 48.3 Å². The number of phenols is 2. The van der Waals surface area contributed by atoms with Crippen LogP contribution in [0, 0.1) is 0 Å². The van der Waals surface area contributed by atoms with Gasteiger partial charge in [-0.2, -0.15) is 0 Å². The van der Waals surface area contributed by atoms with Crippen molar-refractivity contribution >= 4 is 29.1 Å². The van der Waals surface area contributed by atoms with Crippen molar-refractivity contribution < 1.29 is 77.6 Å². The molecule has 2 aromatic carbocycles. The molecule has 0 unspecified atom stereocenters. The Labute approximate surface area is 346 Å². The molecular weight excluding hydrogens is 786 g/mol. The molecule has 0 radical (unpaired) electrons. The van der Waals surface area contributed by atoms with Gasteiger partial charge in [0.25, 0.3) is 0 Å². The molecule has 7 rings (SSSR count). The summed E-state index contributed by atoms with van der Waals surface area (Å²) < 4.78 is 42.5. The third-order valence-corrected chi connectivity index (χ3v) is 12.4. The fourth-order valence-corrected chi connectivity index (χ4v) is 9.53. The van der Waals surface area contributed by atoms with Gasteiger partial charge in [-0.3, -0.25) is 24.0 Å². The molecule has 0 bridgehead atoms. The second kappa shape index (κ2) is 16.9. The Kier molecular flexibility index (Phi) is 12.4. The quantitative estimate of drug-likeness (QED) is 0.215. The molecule has 3 saturated heterocycles. The molecule has 2 aliphatic carbocycles. The predicted octanol–water partition coefficient (Wildman–Crippen LogP) is 2.73. The van der Waals surface area contributed by atoms with Crippen molar-refractivity contribution in [3.63, 3.8) is 0 Å². The molecule has 3 aliphatic heterocycles. The van der Waals surface area contributed by atoms with Gasteiger partial charge < -0.3 is 58.5 Å². The van der Waals surface area contributed by atoms with E-state index in [1.54, 1.807) is 20.8 Å². The molecule has 3 fully saturated rings. The predicted molar refractivity (Wildman–Crippen MR) is 206 cm³/mol. The van der Waals surface area contributed by atoms with Crippen molar-refractivity contribution in [3.8, 4) is 11.5 Å². The number of aromatic hydroxyl groups is 2. The van der Waals surface area contributed by atoms with E-state index >= 15 is 0 Å². The lowest BCUT2D eigenvalue weighted by Crippen LogP contribution is -2.58. The van der Waals surface area contributed by atoms with Crippen molar-refractivity contribution in [1.82, 2.24) is 4.90 Å². The largest absolute Gasteiger partial charge is 0.507 e. The number of carbonyl (C=O) groups excluding carboxylic acids is 5. The standard InChI is InChI=1S/C43H53NO16/c1-18(45)16-43(53)17-29(34-23(36(43)42(52)54-7)13-24-35(39(34)51)38(50)33-22(37(24)49)9-8-10-27(33)47)58-31-14-25(44(5)6)40(20(3)56-31)60-32-15-28(48)41(21(4)57-32)59-30-12-11-26(46)19(2)55-30/h8-10,13,19-21,25,28-32,36,40-41,47-48,51,53H,11-12,14-17H2,1-7H3/t19-,20-,21-,25-,28-,29-,30-,31-,32-,36-,40+,41+,43+/m0/s1. The molecule has 3 heterocycles. The van der Waals surface area contributed by atoms with Crippen LogP contribution in [0.5, 0.6) is 11.5 Å². The van der Waals surface area contributed by atoms with E-state index in [0.29, 0.717) is 12.8 Å². The lowest BCUT2D eigenvalue weighted by molar-refractivity contribution is -0.324. The van der Waals surface area contributed by atoms with Crippen LogP contribution >= 0.6 is 0 Å². The first-order chi connectivity index (χ1) is 28.3. The van der Waals surface area contributed by atoms with Gasteiger partial charge in [0.2, 0.25) is 5.78 Å². The molecule has 17 heteroatoms. The number of fused-ring (bicyclic) bond motifs is 3. The zero-order chi connectivity index (χ0) is 43.5. The number of aliphatic hydroxyl groups is 2. The first-order valence-corrected chi connectivity index (χ1v) is 20.2. The number of carbonyl (C=O) groups is 5. The van der Waals surface area contributed by atoms with Gasteiger partial charge in [0, 0.05) is 61.3 Å². The van der Waals surface area contributed by atoms with Crippen molar-refractivity contribution in [2.75, 3.05) is 21.2 Å². The Morgan fingerprint density at radius 2 is 1.55 bits per heavy atom. The maximum atomic E-state index is 14.0. The Bertz CT molecular complexity index is 2040. The van der Waals surface area contributed by atoms with Crippen LogP contribution in [-0.2, 0) is 47.5 Å². The molecule has 2 aromatic rings. The van der Waals surface area contributed by atoms with Gasteiger partial charge >= 0.3 is 5.97 Å². The number of nitrogens with zero attached hydrogens (tertiary/aromatic N) is 1. The van der Waals surface area contributed by atoms with Crippen molar-refractivity contribution in [2.45, 2.75) is 145 Å². The molecule has 17 nitrogen and oxygen atoms in total. The van der Waals surface area contributed by atoms with Crippen LogP contribution in [0.1, 0.15) is 121 Å². The third kappa shape index (κ3) is 8.02. The molecule has 13 atom stereocenters. The minimum Gasteiger partial charge on any atom is -0.507 e. The summed E-state index contributed by atoms with van der Waals surface area (Å²) in [6, 6.07) is 4.86. The Morgan fingerprint density at radius 3 is 2.18 bits per heavy atom. The monoisotopic (exact) mass is 839 g/mol. The van der Waals surface area contributed by atoms with Crippen LogP contribution in [0.4, 0.5) is 0 Å². The number of hydrogen-bond donors (Lipinski definition) is 4. The van der Waals surface area contributed by atoms with E-state index in [-0.39, 0.29) is 46.4 Å². The second-order valence-electron chi connectivity index (χ2n) is 16.8. The van der Waals surface area contributed by atoms with E-state index in [1.165, 1.54) is 31.2 Å². The number of ether oxygens (including phenoxy) is 7. The minimum absolute atomic E-state index is 0.00629. The molecular formula is C43H53NO16. The Hall–Kier alpha value is -4.17. The van der Waals surface area contributed by atoms with Crippen molar-refractivity contribution in [2.24, 2.45) is 0 Å². The van der Waals surface area contributed by atoms with Gasteiger partial charge in [-0.25, -0.2) is 0 Å². The number of esters is 1. The number of methoxy groups -OCH3 is 1. The molecule has 326 valence electrons. The minimum atomic E-state index is -2.13. The molecule has 0 spiro atoms. The molecule has 5 aliphatic rings. The van der Waals surface area contributed by atoms with E-state index in [0.717, 1.165) is 7.11 Å². The third-order valence-electron chi connectivity index (χ3n) is 12.4. The summed E-state index contributed by atoms with van der Waals surface area (Å²) in [5, 5.41) is 46.1. The summed E-state index contributed by atoms with van der Waals surface area (Å²) in [7, 11) is 4.78. The van der Waals surface area contributed by atoms with Gasteiger partial charge in [-0.05, 0) is 59.5 Å². The van der Waals surface area contributed by atoms with E-state index < -0.39 is 132 Å². The first-order valence-electron chi connectivity index (χ1n) is 20.2. The summed E-state index contributed by atoms with van der Waals surface area (Å²) in [6.45, 7) is 6.44. The van der Waals surface area contributed by atoms with Crippen LogP contribution in [0.15, 0.2) is 24.3 Å². The zero-order valence-corrected chi connectivity index (χ0v) is 34.6. The lowest BCUT2D eigenvalue weighted by Gasteiger charge is -2.48. The summed E-state index contributed by atoms with van der Waals surface area (Å²) in [5.41, 5.74) is -3.36. The van der Waals surface area contributed by atoms with Gasteiger partial charge in [0.15, 0.2) is 30.4 Å².